The van der Waals surface area contributed by atoms with Gasteiger partial charge in [0.15, 0.2) is 0 Å². The molecule has 0 aromatic heterocycles. The van der Waals surface area contributed by atoms with E-state index < -0.39 is 18.1 Å². The third-order valence-corrected chi connectivity index (χ3v) is 2.73. The van der Waals surface area contributed by atoms with E-state index in [0.717, 1.165) is 0 Å². The number of carbonyl (C=O) groups excluding carboxylic acids is 1. The molecular formula is C11H14ClNO4. The van der Waals surface area contributed by atoms with E-state index in [1.54, 1.807) is 0 Å². The van der Waals surface area contributed by atoms with Crippen LogP contribution in [0.1, 0.15) is 23.7 Å². The number of nitrogens with two attached hydrogens (primary N) is 1. The first-order chi connectivity index (χ1) is 7.95. The van der Waals surface area contributed by atoms with Crippen LogP contribution < -0.4 is 5.73 Å². The van der Waals surface area contributed by atoms with Crippen LogP contribution in [0.2, 0.25) is 5.02 Å². The van der Waals surface area contributed by atoms with E-state index in [-0.39, 0.29) is 13.0 Å². The predicted octanol–water partition coefficient (Wildman–Crippen LogP) is 0.102. The van der Waals surface area contributed by atoms with Gasteiger partial charge in [-0.1, -0.05) is 17.7 Å². The third kappa shape index (κ3) is 3.67. The van der Waals surface area contributed by atoms with Gasteiger partial charge in [0.05, 0.1) is 19.1 Å². The lowest BCUT2D eigenvalue weighted by atomic mass is 10.00. The van der Waals surface area contributed by atoms with Gasteiger partial charge in [0, 0.05) is 5.02 Å². The molecule has 1 amide bonds. The number of aliphatic hydroxyl groups is 3. The van der Waals surface area contributed by atoms with Gasteiger partial charge in [-0.15, -0.1) is 0 Å². The zero-order valence-electron chi connectivity index (χ0n) is 9.01. The van der Waals surface area contributed by atoms with Gasteiger partial charge in [-0.3, -0.25) is 4.79 Å². The van der Waals surface area contributed by atoms with Crippen molar-refractivity contribution in [2.75, 3.05) is 0 Å². The first kappa shape index (κ1) is 13.9. The number of carbonyl (C=O) groups is 1. The van der Waals surface area contributed by atoms with Gasteiger partial charge in [0.2, 0.25) is 5.91 Å². The molecule has 0 aliphatic rings. The second-order valence-corrected chi connectivity index (χ2v) is 4.10. The molecule has 0 bridgehead atoms. The SMILES string of the molecule is NC(=O)CC(O)C(O)c1ccc(Cl)c(CO)c1. The summed E-state index contributed by atoms with van der Waals surface area (Å²) in [5.41, 5.74) is 5.73. The Morgan fingerprint density at radius 1 is 1.41 bits per heavy atom. The molecule has 1 aromatic carbocycles. The number of rotatable bonds is 5. The fraction of sp³-hybridized carbons (Fsp3) is 0.364. The number of benzene rings is 1. The van der Waals surface area contributed by atoms with Crippen LogP contribution in [0.3, 0.4) is 0 Å². The number of hydrogen-bond acceptors (Lipinski definition) is 4. The van der Waals surface area contributed by atoms with Gasteiger partial charge >= 0.3 is 0 Å². The molecular weight excluding hydrogens is 246 g/mol. The summed E-state index contributed by atoms with van der Waals surface area (Å²) in [6.45, 7) is -0.273. The van der Waals surface area contributed by atoms with Crippen molar-refractivity contribution in [2.24, 2.45) is 5.73 Å². The van der Waals surface area contributed by atoms with Gasteiger partial charge in [0.25, 0.3) is 0 Å². The summed E-state index contributed by atoms with van der Waals surface area (Å²) in [5, 5.41) is 28.7. The third-order valence-electron chi connectivity index (χ3n) is 2.36. The zero-order chi connectivity index (χ0) is 13.0. The van der Waals surface area contributed by atoms with E-state index in [2.05, 4.69) is 0 Å². The first-order valence-corrected chi connectivity index (χ1v) is 5.37. The molecule has 0 saturated carbocycles. The smallest absolute Gasteiger partial charge is 0.220 e. The van der Waals surface area contributed by atoms with E-state index in [4.69, 9.17) is 22.4 Å². The topological polar surface area (TPSA) is 104 Å². The molecule has 17 heavy (non-hydrogen) atoms. The predicted molar refractivity (Wildman–Crippen MR) is 62.2 cm³/mol. The summed E-state index contributed by atoms with van der Waals surface area (Å²) in [5.74, 6) is -0.701. The molecule has 1 rings (SSSR count). The zero-order valence-corrected chi connectivity index (χ0v) is 9.76. The lowest BCUT2D eigenvalue weighted by molar-refractivity contribution is -0.121. The van der Waals surface area contributed by atoms with Crippen molar-refractivity contribution < 1.29 is 20.1 Å². The van der Waals surface area contributed by atoms with Crippen LogP contribution in [0.25, 0.3) is 0 Å². The number of hydrogen-bond donors (Lipinski definition) is 4. The monoisotopic (exact) mass is 259 g/mol. The summed E-state index contributed by atoms with van der Waals surface area (Å²) in [6, 6.07) is 4.48. The molecule has 0 spiro atoms. The molecule has 94 valence electrons. The van der Waals surface area contributed by atoms with Crippen molar-refractivity contribution in [3.63, 3.8) is 0 Å². The fourth-order valence-corrected chi connectivity index (χ4v) is 1.62. The minimum Gasteiger partial charge on any atom is -0.392 e. The lowest BCUT2D eigenvalue weighted by Crippen LogP contribution is -2.25. The van der Waals surface area contributed by atoms with Crippen LogP contribution in [0, 0.1) is 0 Å². The van der Waals surface area contributed by atoms with Crippen LogP contribution in [0.4, 0.5) is 0 Å². The Hall–Kier alpha value is -1.14. The molecule has 5 nitrogen and oxygen atoms in total. The molecule has 0 aliphatic carbocycles. The highest BCUT2D eigenvalue weighted by atomic mass is 35.5. The highest BCUT2D eigenvalue weighted by Gasteiger charge is 2.20. The van der Waals surface area contributed by atoms with Gasteiger partial charge in [-0.05, 0) is 23.3 Å². The van der Waals surface area contributed by atoms with Gasteiger partial charge < -0.3 is 21.1 Å². The van der Waals surface area contributed by atoms with Crippen LogP contribution in [0.15, 0.2) is 18.2 Å². The Balaban J connectivity index is 2.88. The normalized spacial score (nSPS) is 14.4. The summed E-state index contributed by atoms with van der Waals surface area (Å²) in [6.07, 6.45) is -2.86. The maximum absolute atomic E-state index is 10.6. The summed E-state index contributed by atoms with van der Waals surface area (Å²) in [4.78, 5) is 10.6. The summed E-state index contributed by atoms with van der Waals surface area (Å²) >= 11 is 5.79. The molecule has 0 fully saturated rings. The average molecular weight is 260 g/mol. The minimum absolute atomic E-state index is 0.273. The van der Waals surface area contributed by atoms with Gasteiger partial charge in [0.1, 0.15) is 6.10 Å². The molecule has 0 saturated heterocycles. The molecule has 2 atom stereocenters. The van der Waals surface area contributed by atoms with Crippen LogP contribution in [0.5, 0.6) is 0 Å². The highest BCUT2D eigenvalue weighted by molar-refractivity contribution is 6.31. The Labute approximate surface area is 103 Å². The molecule has 5 N–H and O–H groups in total. The number of halogens is 1. The average Bonchev–Trinajstić information content (AvgIpc) is 2.27. The van der Waals surface area contributed by atoms with Crippen LogP contribution >= 0.6 is 11.6 Å². The maximum atomic E-state index is 10.6. The van der Waals surface area contributed by atoms with Crippen LogP contribution in [-0.2, 0) is 11.4 Å². The minimum atomic E-state index is -1.28. The van der Waals surface area contributed by atoms with E-state index in [0.29, 0.717) is 16.1 Å². The Kier molecular flexibility index (Phi) is 4.89. The maximum Gasteiger partial charge on any atom is 0.220 e. The fourth-order valence-electron chi connectivity index (χ4n) is 1.44. The summed E-state index contributed by atoms with van der Waals surface area (Å²) < 4.78 is 0. The van der Waals surface area contributed by atoms with E-state index in [9.17, 15) is 15.0 Å². The van der Waals surface area contributed by atoms with E-state index >= 15 is 0 Å². The lowest BCUT2D eigenvalue weighted by Gasteiger charge is -2.17. The van der Waals surface area contributed by atoms with Crippen molar-refractivity contribution >= 4 is 17.5 Å². The van der Waals surface area contributed by atoms with Gasteiger partial charge in [-0.2, -0.15) is 0 Å². The molecule has 1 aromatic rings. The summed E-state index contributed by atoms with van der Waals surface area (Å²) in [7, 11) is 0. The Morgan fingerprint density at radius 2 is 2.06 bits per heavy atom. The van der Waals surface area contributed by atoms with Crippen molar-refractivity contribution in [1.82, 2.24) is 0 Å². The molecule has 6 heteroatoms. The molecule has 0 radical (unpaired) electrons. The molecule has 2 unspecified atom stereocenters. The van der Waals surface area contributed by atoms with E-state index in [1.165, 1.54) is 18.2 Å². The van der Waals surface area contributed by atoms with Crippen molar-refractivity contribution in [3.8, 4) is 0 Å². The number of primary amides is 1. The number of amides is 1. The quantitative estimate of drug-likeness (QED) is 0.602. The second kappa shape index (κ2) is 5.97. The van der Waals surface area contributed by atoms with E-state index in [1.807, 2.05) is 0 Å². The van der Waals surface area contributed by atoms with Gasteiger partial charge in [-0.25, -0.2) is 0 Å². The Morgan fingerprint density at radius 3 is 2.59 bits per heavy atom. The standard InChI is InChI=1S/C11H14ClNO4/c12-8-2-1-6(3-7(8)5-14)11(17)9(15)4-10(13)16/h1-3,9,11,14-15,17H,4-5H2,(H2,13,16). The molecule has 0 aliphatic heterocycles. The van der Waals surface area contributed by atoms with Crippen molar-refractivity contribution in [2.45, 2.75) is 25.2 Å². The number of aliphatic hydroxyl groups excluding tert-OH is 3. The van der Waals surface area contributed by atoms with Crippen molar-refractivity contribution in [3.05, 3.63) is 34.3 Å². The second-order valence-electron chi connectivity index (χ2n) is 3.69. The van der Waals surface area contributed by atoms with Crippen molar-refractivity contribution in [1.29, 1.82) is 0 Å². The molecule has 0 heterocycles. The highest BCUT2D eigenvalue weighted by Crippen LogP contribution is 2.24. The largest absolute Gasteiger partial charge is 0.392 e. The van der Waals surface area contributed by atoms with Crippen LogP contribution in [-0.4, -0.2) is 27.3 Å². The Bertz CT molecular complexity index is 410. The first-order valence-electron chi connectivity index (χ1n) is 4.99.